The number of piperidine rings is 1. The largest absolute Gasteiger partial charge is 0.480 e. The quantitative estimate of drug-likeness (QED) is 0.728. The van der Waals surface area contributed by atoms with E-state index < -0.39 is 5.97 Å². The van der Waals surface area contributed by atoms with Gasteiger partial charge in [0.25, 0.3) is 0 Å². The molecule has 1 heterocycles. The maximum atomic E-state index is 10.6. The van der Waals surface area contributed by atoms with Crippen molar-refractivity contribution < 1.29 is 15.0 Å². The minimum absolute atomic E-state index is 0.0985. The fourth-order valence-electron chi connectivity index (χ4n) is 2.27. The molecule has 0 spiro atoms. The van der Waals surface area contributed by atoms with Gasteiger partial charge < -0.3 is 10.2 Å². The van der Waals surface area contributed by atoms with Gasteiger partial charge in [0.2, 0.25) is 0 Å². The van der Waals surface area contributed by atoms with Crippen LogP contribution >= 0.6 is 0 Å². The standard InChI is InChI=1S/C11H21NO3/c1-8(2)5-9-6-12(7-11(14)15)4-3-10(9)13/h8-10,13H,3-7H2,1-2H3,(H,14,15)/t9-,10+/m0/s1. The smallest absolute Gasteiger partial charge is 0.317 e. The van der Waals surface area contributed by atoms with Gasteiger partial charge in [-0.3, -0.25) is 9.69 Å². The van der Waals surface area contributed by atoms with E-state index in [0.29, 0.717) is 25.4 Å². The highest BCUT2D eigenvalue weighted by atomic mass is 16.4. The van der Waals surface area contributed by atoms with Crippen LogP contribution in [0.15, 0.2) is 0 Å². The predicted molar refractivity (Wildman–Crippen MR) is 57.6 cm³/mol. The molecule has 0 saturated carbocycles. The molecule has 88 valence electrons. The van der Waals surface area contributed by atoms with E-state index in [9.17, 15) is 9.90 Å². The molecule has 0 aromatic carbocycles. The second-order valence-electron chi connectivity index (χ2n) is 4.87. The van der Waals surface area contributed by atoms with Gasteiger partial charge in [-0.25, -0.2) is 0 Å². The molecule has 2 atom stereocenters. The summed E-state index contributed by atoms with van der Waals surface area (Å²) in [6.45, 7) is 5.76. The number of nitrogens with zero attached hydrogens (tertiary/aromatic N) is 1. The van der Waals surface area contributed by atoms with E-state index in [4.69, 9.17) is 5.11 Å². The van der Waals surface area contributed by atoms with E-state index in [1.165, 1.54) is 0 Å². The minimum Gasteiger partial charge on any atom is -0.480 e. The molecule has 1 aliphatic heterocycles. The first kappa shape index (κ1) is 12.5. The summed E-state index contributed by atoms with van der Waals surface area (Å²) in [6.07, 6.45) is 1.42. The van der Waals surface area contributed by atoms with Crippen LogP contribution in [-0.2, 0) is 4.79 Å². The molecule has 0 aromatic rings. The summed E-state index contributed by atoms with van der Waals surface area (Å²) in [6, 6.07) is 0. The summed E-state index contributed by atoms with van der Waals surface area (Å²) in [4.78, 5) is 12.5. The molecule has 0 aliphatic carbocycles. The minimum atomic E-state index is -0.783. The molecule has 1 saturated heterocycles. The molecule has 0 unspecified atom stereocenters. The van der Waals surface area contributed by atoms with E-state index in [2.05, 4.69) is 13.8 Å². The first-order chi connectivity index (χ1) is 6.99. The van der Waals surface area contributed by atoms with Crippen LogP contribution in [0.25, 0.3) is 0 Å². The van der Waals surface area contributed by atoms with Crippen molar-refractivity contribution >= 4 is 5.97 Å². The van der Waals surface area contributed by atoms with Crippen molar-refractivity contribution in [1.29, 1.82) is 0 Å². The molecule has 0 radical (unpaired) electrons. The molecule has 4 nitrogen and oxygen atoms in total. The first-order valence-electron chi connectivity index (χ1n) is 5.61. The molecule has 1 rings (SSSR count). The zero-order valence-electron chi connectivity index (χ0n) is 9.52. The summed E-state index contributed by atoms with van der Waals surface area (Å²) in [5, 5.41) is 18.5. The number of hydrogen-bond acceptors (Lipinski definition) is 3. The van der Waals surface area contributed by atoms with Crippen LogP contribution in [0.2, 0.25) is 0 Å². The zero-order chi connectivity index (χ0) is 11.4. The Morgan fingerprint density at radius 3 is 2.73 bits per heavy atom. The molecule has 15 heavy (non-hydrogen) atoms. The molecule has 2 N–H and O–H groups in total. The molecular formula is C11H21NO3. The van der Waals surface area contributed by atoms with Crippen LogP contribution in [0.4, 0.5) is 0 Å². The average molecular weight is 215 g/mol. The molecular weight excluding hydrogens is 194 g/mol. The lowest BCUT2D eigenvalue weighted by Crippen LogP contribution is -2.45. The van der Waals surface area contributed by atoms with Crippen molar-refractivity contribution in [3.63, 3.8) is 0 Å². The summed E-state index contributed by atoms with van der Waals surface area (Å²) in [5.41, 5.74) is 0. The third-order valence-corrected chi connectivity index (χ3v) is 2.91. The number of carboxylic acid groups (broad SMARTS) is 1. The van der Waals surface area contributed by atoms with Crippen LogP contribution in [0.1, 0.15) is 26.7 Å². The van der Waals surface area contributed by atoms with Gasteiger partial charge in [-0.1, -0.05) is 13.8 Å². The van der Waals surface area contributed by atoms with Gasteiger partial charge in [-0.05, 0) is 24.7 Å². The lowest BCUT2D eigenvalue weighted by atomic mass is 9.87. The third-order valence-electron chi connectivity index (χ3n) is 2.91. The summed E-state index contributed by atoms with van der Waals surface area (Å²) in [5.74, 6) is 0.00205. The first-order valence-corrected chi connectivity index (χ1v) is 5.61. The van der Waals surface area contributed by atoms with E-state index in [-0.39, 0.29) is 18.6 Å². The number of aliphatic hydroxyl groups excluding tert-OH is 1. The topological polar surface area (TPSA) is 60.8 Å². The van der Waals surface area contributed by atoms with Crippen LogP contribution < -0.4 is 0 Å². The molecule has 0 bridgehead atoms. The zero-order valence-corrected chi connectivity index (χ0v) is 9.52. The Bertz CT molecular complexity index is 218. The molecule has 0 aromatic heterocycles. The van der Waals surface area contributed by atoms with Gasteiger partial charge in [0.15, 0.2) is 0 Å². The average Bonchev–Trinajstić information content (AvgIpc) is 2.09. The van der Waals surface area contributed by atoms with E-state index >= 15 is 0 Å². The number of rotatable bonds is 4. The van der Waals surface area contributed by atoms with Gasteiger partial charge >= 0.3 is 5.97 Å². The van der Waals surface area contributed by atoms with Gasteiger partial charge in [-0.15, -0.1) is 0 Å². The summed E-state index contributed by atoms with van der Waals surface area (Å²) in [7, 11) is 0. The molecule has 4 heteroatoms. The predicted octanol–water partition coefficient (Wildman–Crippen LogP) is 0.800. The highest BCUT2D eigenvalue weighted by Gasteiger charge is 2.28. The third kappa shape index (κ3) is 4.18. The number of aliphatic hydroxyl groups is 1. The fraction of sp³-hybridized carbons (Fsp3) is 0.909. The van der Waals surface area contributed by atoms with Gasteiger partial charge in [0, 0.05) is 13.1 Å². The number of likely N-dealkylation sites (tertiary alicyclic amines) is 1. The Labute approximate surface area is 90.9 Å². The number of carboxylic acids is 1. The molecule has 1 aliphatic rings. The maximum absolute atomic E-state index is 10.6. The summed E-state index contributed by atoms with van der Waals surface area (Å²) >= 11 is 0. The maximum Gasteiger partial charge on any atom is 0.317 e. The second-order valence-corrected chi connectivity index (χ2v) is 4.87. The number of carbonyl (C=O) groups is 1. The SMILES string of the molecule is CC(C)C[C@H]1CN(CC(=O)O)CC[C@H]1O. The summed E-state index contributed by atoms with van der Waals surface area (Å²) < 4.78 is 0. The Balaban J connectivity index is 2.44. The number of hydrogen-bond donors (Lipinski definition) is 2. The van der Waals surface area contributed by atoms with Gasteiger partial charge in [0.05, 0.1) is 12.6 Å². The molecule has 0 amide bonds. The van der Waals surface area contributed by atoms with Crippen molar-refractivity contribution in [3.05, 3.63) is 0 Å². The lowest BCUT2D eigenvalue weighted by molar-refractivity contribution is -0.139. The monoisotopic (exact) mass is 215 g/mol. The fourth-order valence-corrected chi connectivity index (χ4v) is 2.27. The lowest BCUT2D eigenvalue weighted by Gasteiger charge is -2.36. The van der Waals surface area contributed by atoms with E-state index in [1.54, 1.807) is 0 Å². The Kier molecular flexibility index (Phi) is 4.54. The van der Waals surface area contributed by atoms with Gasteiger partial charge in [-0.2, -0.15) is 0 Å². The Morgan fingerprint density at radius 2 is 2.20 bits per heavy atom. The Morgan fingerprint density at radius 1 is 1.53 bits per heavy atom. The van der Waals surface area contributed by atoms with E-state index in [0.717, 1.165) is 6.42 Å². The van der Waals surface area contributed by atoms with Crippen molar-refractivity contribution in [2.45, 2.75) is 32.8 Å². The highest BCUT2D eigenvalue weighted by molar-refractivity contribution is 5.69. The Hall–Kier alpha value is -0.610. The molecule has 1 fully saturated rings. The van der Waals surface area contributed by atoms with E-state index in [1.807, 2.05) is 4.90 Å². The van der Waals surface area contributed by atoms with Crippen molar-refractivity contribution in [2.24, 2.45) is 11.8 Å². The van der Waals surface area contributed by atoms with Gasteiger partial charge in [0.1, 0.15) is 0 Å². The van der Waals surface area contributed by atoms with Crippen molar-refractivity contribution in [3.8, 4) is 0 Å². The van der Waals surface area contributed by atoms with Crippen LogP contribution in [0.3, 0.4) is 0 Å². The van der Waals surface area contributed by atoms with Crippen LogP contribution in [0, 0.1) is 11.8 Å². The van der Waals surface area contributed by atoms with Crippen LogP contribution in [0.5, 0.6) is 0 Å². The number of aliphatic carboxylic acids is 1. The second kappa shape index (κ2) is 5.47. The van der Waals surface area contributed by atoms with Crippen molar-refractivity contribution in [2.75, 3.05) is 19.6 Å². The normalized spacial score (nSPS) is 28.3. The highest BCUT2D eigenvalue weighted by Crippen LogP contribution is 2.23. The van der Waals surface area contributed by atoms with Crippen LogP contribution in [-0.4, -0.2) is 46.8 Å². The van der Waals surface area contributed by atoms with Crippen molar-refractivity contribution in [1.82, 2.24) is 4.90 Å².